The van der Waals surface area contributed by atoms with Crippen molar-refractivity contribution in [1.82, 2.24) is 4.90 Å². The number of benzene rings is 1. The Kier molecular flexibility index (Phi) is 5.76. The molecule has 0 atom stereocenters. The topological polar surface area (TPSA) is 27.4 Å². The fourth-order valence-electron chi connectivity index (χ4n) is 2.46. The number of thiazole rings is 1. The smallest absolute Gasteiger partial charge is 0.288 e. The second-order valence-electron chi connectivity index (χ2n) is 4.90. The van der Waals surface area contributed by atoms with Crippen molar-refractivity contribution in [1.29, 1.82) is 0 Å². The molecule has 1 amide bonds. The first-order valence-electron chi connectivity index (χ1n) is 6.82. The molecule has 21 heavy (non-hydrogen) atoms. The molecule has 1 aromatic heterocycles. The number of hydrogen-bond acceptors (Lipinski definition) is 3. The number of nitrogens with zero attached hydrogens (tertiary/aromatic N) is 3. The number of para-hydroxylation sites is 1. The third-order valence-corrected chi connectivity index (χ3v) is 4.27. The number of halogens is 1. The van der Waals surface area contributed by atoms with E-state index in [1.807, 2.05) is 32.6 Å². The maximum atomic E-state index is 12.2. The molecule has 1 aliphatic heterocycles. The highest BCUT2D eigenvalue weighted by Gasteiger charge is 2.23. The molecule has 2 heterocycles. The number of rotatable bonds is 3. The molecule has 0 N–H and O–H groups in total. The van der Waals surface area contributed by atoms with Crippen LogP contribution in [-0.2, 0) is 11.3 Å². The van der Waals surface area contributed by atoms with Gasteiger partial charge >= 0.3 is 0 Å². The number of hydrogen-bond donors (Lipinski definition) is 0. The zero-order valence-electron chi connectivity index (χ0n) is 11.7. The number of aromatic nitrogens is 1. The first-order valence-corrected chi connectivity index (χ1v) is 7.76. The van der Waals surface area contributed by atoms with Crippen LogP contribution in [-0.4, -0.2) is 37.0 Å². The highest BCUT2D eigenvalue weighted by Crippen LogP contribution is 2.15. The predicted molar refractivity (Wildman–Crippen MR) is 79.7 cm³/mol. The Morgan fingerprint density at radius 1 is 1.14 bits per heavy atom. The monoisotopic (exact) mass is 367 g/mol. The normalized spacial score (nSPS) is 14.7. The summed E-state index contributed by atoms with van der Waals surface area (Å²) in [4.78, 5) is 16.5. The predicted octanol–water partition coefficient (Wildman–Crippen LogP) is -1.61. The van der Waals surface area contributed by atoms with Gasteiger partial charge in [-0.25, -0.2) is 0 Å². The zero-order valence-corrected chi connectivity index (χ0v) is 14.1. The minimum Gasteiger partial charge on any atom is -1.00 e. The van der Waals surface area contributed by atoms with Crippen LogP contribution in [0.15, 0.2) is 47.4 Å². The molecule has 1 aliphatic rings. The van der Waals surface area contributed by atoms with E-state index in [0.29, 0.717) is 6.54 Å². The van der Waals surface area contributed by atoms with Gasteiger partial charge < -0.3 is 26.8 Å². The molecule has 0 aliphatic carbocycles. The van der Waals surface area contributed by atoms with Gasteiger partial charge in [0.25, 0.3) is 5.91 Å². The van der Waals surface area contributed by atoms with Gasteiger partial charge in [-0.3, -0.25) is 4.79 Å². The summed E-state index contributed by atoms with van der Waals surface area (Å²) in [7, 11) is 0. The van der Waals surface area contributed by atoms with Gasteiger partial charge in [0, 0.05) is 31.9 Å². The van der Waals surface area contributed by atoms with Crippen molar-refractivity contribution >= 4 is 22.9 Å². The van der Waals surface area contributed by atoms with E-state index >= 15 is 0 Å². The van der Waals surface area contributed by atoms with Crippen molar-refractivity contribution in [2.45, 2.75) is 6.54 Å². The SMILES string of the molecule is O=C(C[n+]1ccsc1)N1CCN(c2ccccc2)CC1.[Br-]. The number of anilines is 1. The van der Waals surface area contributed by atoms with Gasteiger partial charge in [0.15, 0.2) is 6.20 Å². The molecule has 1 fully saturated rings. The van der Waals surface area contributed by atoms with Crippen molar-refractivity contribution in [3.05, 3.63) is 47.4 Å². The second-order valence-corrected chi connectivity index (χ2v) is 5.66. The Morgan fingerprint density at radius 2 is 1.86 bits per heavy atom. The van der Waals surface area contributed by atoms with Crippen LogP contribution in [0.3, 0.4) is 0 Å². The highest BCUT2D eigenvalue weighted by atomic mass is 79.9. The summed E-state index contributed by atoms with van der Waals surface area (Å²) in [6, 6.07) is 10.4. The van der Waals surface area contributed by atoms with Crippen LogP contribution < -0.4 is 26.4 Å². The summed E-state index contributed by atoms with van der Waals surface area (Å²) < 4.78 is 1.94. The summed E-state index contributed by atoms with van der Waals surface area (Å²) >= 11 is 1.61. The summed E-state index contributed by atoms with van der Waals surface area (Å²) in [6.07, 6.45) is 1.95. The molecule has 0 spiro atoms. The molecular formula is C15H18BrN3OS. The molecule has 112 valence electrons. The lowest BCUT2D eigenvalue weighted by Crippen LogP contribution is -3.00. The van der Waals surface area contributed by atoms with E-state index in [0.717, 1.165) is 26.2 Å². The van der Waals surface area contributed by atoms with E-state index < -0.39 is 0 Å². The molecule has 4 nitrogen and oxygen atoms in total. The van der Waals surface area contributed by atoms with E-state index in [1.54, 1.807) is 11.3 Å². The maximum Gasteiger partial charge on any atom is 0.288 e. The van der Waals surface area contributed by atoms with Crippen molar-refractivity contribution in [3.63, 3.8) is 0 Å². The average Bonchev–Trinajstić information content (AvgIpc) is 3.01. The largest absolute Gasteiger partial charge is 1.00 e. The van der Waals surface area contributed by atoms with Crippen LogP contribution in [0.1, 0.15) is 0 Å². The van der Waals surface area contributed by atoms with Crippen LogP contribution in [0.5, 0.6) is 0 Å². The van der Waals surface area contributed by atoms with Crippen molar-refractivity contribution < 1.29 is 26.3 Å². The number of amides is 1. The minimum absolute atomic E-state index is 0. The highest BCUT2D eigenvalue weighted by molar-refractivity contribution is 7.07. The van der Waals surface area contributed by atoms with E-state index in [4.69, 9.17) is 0 Å². The Balaban J connectivity index is 0.00000161. The Bertz CT molecular complexity index is 554. The Morgan fingerprint density at radius 3 is 2.48 bits per heavy atom. The standard InChI is InChI=1S/C15H18N3OS.BrH/c19-15(12-16-10-11-20-13-16)18-8-6-17(7-9-18)14-4-2-1-3-5-14;/h1-5,10-11,13H,6-9,12H2;1H/q+1;/p-1. The van der Waals surface area contributed by atoms with Crippen LogP contribution in [0.4, 0.5) is 5.69 Å². The average molecular weight is 368 g/mol. The van der Waals surface area contributed by atoms with E-state index in [1.165, 1.54) is 5.69 Å². The lowest BCUT2D eigenvalue weighted by molar-refractivity contribution is -0.680. The molecule has 3 rings (SSSR count). The summed E-state index contributed by atoms with van der Waals surface area (Å²) in [5.74, 6) is 0.209. The zero-order chi connectivity index (χ0) is 13.8. The fraction of sp³-hybridized carbons (Fsp3) is 0.333. The van der Waals surface area contributed by atoms with Gasteiger partial charge in [0.1, 0.15) is 0 Å². The third-order valence-electron chi connectivity index (χ3n) is 3.60. The molecule has 1 saturated heterocycles. The van der Waals surface area contributed by atoms with Crippen LogP contribution in [0.2, 0.25) is 0 Å². The van der Waals surface area contributed by atoms with Crippen molar-refractivity contribution in [2.24, 2.45) is 0 Å². The number of carbonyl (C=O) groups is 1. The van der Waals surface area contributed by atoms with Gasteiger partial charge in [-0.1, -0.05) is 29.5 Å². The van der Waals surface area contributed by atoms with Crippen LogP contribution >= 0.6 is 11.3 Å². The molecule has 0 bridgehead atoms. The minimum atomic E-state index is 0. The van der Waals surface area contributed by atoms with E-state index in [-0.39, 0.29) is 22.9 Å². The Labute approximate surface area is 139 Å². The van der Waals surface area contributed by atoms with Gasteiger partial charge in [0.05, 0.1) is 5.38 Å². The second kappa shape index (κ2) is 7.56. The molecule has 0 unspecified atom stereocenters. The summed E-state index contributed by atoms with van der Waals surface area (Å²) in [6.45, 7) is 3.87. The van der Waals surface area contributed by atoms with Crippen LogP contribution in [0, 0.1) is 0 Å². The van der Waals surface area contributed by atoms with E-state index in [2.05, 4.69) is 29.2 Å². The molecule has 6 heteroatoms. The third kappa shape index (κ3) is 4.04. The Hall–Kier alpha value is -1.40. The first kappa shape index (κ1) is 16.0. The molecular weight excluding hydrogens is 350 g/mol. The van der Waals surface area contributed by atoms with Gasteiger partial charge in [-0.05, 0) is 12.1 Å². The lowest BCUT2D eigenvalue weighted by atomic mass is 10.2. The summed E-state index contributed by atoms with van der Waals surface area (Å²) in [5, 5.41) is 1.99. The van der Waals surface area contributed by atoms with Crippen LogP contribution in [0.25, 0.3) is 0 Å². The fourth-order valence-corrected chi connectivity index (χ4v) is 3.06. The quantitative estimate of drug-likeness (QED) is 0.610. The van der Waals surface area contributed by atoms with Gasteiger partial charge in [0.2, 0.25) is 12.1 Å². The lowest BCUT2D eigenvalue weighted by Gasteiger charge is -2.35. The maximum absolute atomic E-state index is 12.2. The van der Waals surface area contributed by atoms with Crippen molar-refractivity contribution in [2.75, 3.05) is 31.1 Å². The van der Waals surface area contributed by atoms with Gasteiger partial charge in [-0.15, -0.1) is 0 Å². The molecule has 0 radical (unpaired) electrons. The molecule has 2 aromatic rings. The van der Waals surface area contributed by atoms with E-state index in [9.17, 15) is 4.79 Å². The van der Waals surface area contributed by atoms with Crippen molar-refractivity contribution in [3.8, 4) is 0 Å². The number of carbonyl (C=O) groups excluding carboxylic acids is 1. The number of piperazine rings is 1. The molecule has 0 saturated carbocycles. The van der Waals surface area contributed by atoms with Gasteiger partial charge in [-0.2, -0.15) is 4.57 Å². The molecule has 1 aromatic carbocycles. The first-order chi connectivity index (χ1) is 9.83. The summed E-state index contributed by atoms with van der Waals surface area (Å²) in [5.41, 5.74) is 3.21.